The molecule has 0 spiro atoms. The molecule has 0 amide bonds. The Morgan fingerprint density at radius 3 is 3.06 bits per heavy atom. The number of nitrogens with zero attached hydrogens (tertiary/aromatic N) is 1. The van der Waals surface area contributed by atoms with E-state index in [0.29, 0.717) is 23.3 Å². The van der Waals surface area contributed by atoms with Crippen LogP contribution in [0.15, 0.2) is 23.0 Å². The van der Waals surface area contributed by atoms with Crippen LogP contribution in [-0.2, 0) is 0 Å². The van der Waals surface area contributed by atoms with Gasteiger partial charge in [-0.2, -0.15) is 0 Å². The third-order valence-corrected chi connectivity index (χ3v) is 2.30. The SMILES string of the molecule is CCCOc1ccc2c(=O)[nH]c(Cl)nc2c1. The van der Waals surface area contributed by atoms with Crippen molar-refractivity contribution in [1.29, 1.82) is 0 Å². The Hall–Kier alpha value is -1.55. The lowest BCUT2D eigenvalue weighted by Gasteiger charge is -2.05. The van der Waals surface area contributed by atoms with Crippen molar-refractivity contribution in [2.24, 2.45) is 0 Å². The summed E-state index contributed by atoms with van der Waals surface area (Å²) in [4.78, 5) is 18.0. The molecule has 0 aliphatic carbocycles. The average Bonchev–Trinajstić information content (AvgIpc) is 2.25. The fourth-order valence-electron chi connectivity index (χ4n) is 1.40. The summed E-state index contributed by atoms with van der Waals surface area (Å²) in [6, 6.07) is 5.15. The van der Waals surface area contributed by atoms with E-state index >= 15 is 0 Å². The lowest BCUT2D eigenvalue weighted by molar-refractivity contribution is 0.318. The number of benzene rings is 1. The molecule has 0 fully saturated rings. The van der Waals surface area contributed by atoms with Gasteiger partial charge in [0.15, 0.2) is 0 Å². The van der Waals surface area contributed by atoms with E-state index in [1.165, 1.54) is 0 Å². The second kappa shape index (κ2) is 4.53. The van der Waals surface area contributed by atoms with E-state index < -0.39 is 0 Å². The van der Waals surface area contributed by atoms with Gasteiger partial charge in [-0.05, 0) is 30.2 Å². The first kappa shape index (κ1) is 11.0. The van der Waals surface area contributed by atoms with Gasteiger partial charge in [0.05, 0.1) is 17.5 Å². The highest BCUT2D eigenvalue weighted by molar-refractivity contribution is 6.28. The molecule has 5 heteroatoms. The summed E-state index contributed by atoms with van der Waals surface area (Å²) in [6.45, 7) is 2.67. The number of aromatic amines is 1. The van der Waals surface area contributed by atoms with Crippen molar-refractivity contribution >= 4 is 22.5 Å². The molecule has 1 N–H and O–H groups in total. The monoisotopic (exact) mass is 238 g/mol. The maximum Gasteiger partial charge on any atom is 0.259 e. The normalized spacial score (nSPS) is 10.6. The highest BCUT2D eigenvalue weighted by Crippen LogP contribution is 2.17. The van der Waals surface area contributed by atoms with E-state index in [2.05, 4.69) is 9.97 Å². The van der Waals surface area contributed by atoms with Crippen LogP contribution in [0.3, 0.4) is 0 Å². The molecule has 0 saturated heterocycles. The molecule has 0 unspecified atom stereocenters. The molecule has 4 nitrogen and oxygen atoms in total. The maximum atomic E-state index is 11.5. The first-order valence-electron chi connectivity index (χ1n) is 5.03. The molecule has 0 radical (unpaired) electrons. The van der Waals surface area contributed by atoms with Crippen LogP contribution in [0.4, 0.5) is 0 Å². The number of fused-ring (bicyclic) bond motifs is 1. The molecule has 1 aromatic carbocycles. The van der Waals surface area contributed by atoms with E-state index in [1.807, 2.05) is 6.92 Å². The highest BCUT2D eigenvalue weighted by Gasteiger charge is 2.03. The zero-order chi connectivity index (χ0) is 11.5. The van der Waals surface area contributed by atoms with Crippen LogP contribution in [0.25, 0.3) is 10.9 Å². The van der Waals surface area contributed by atoms with Gasteiger partial charge >= 0.3 is 0 Å². The number of hydrogen-bond donors (Lipinski definition) is 1. The Morgan fingerprint density at radius 2 is 2.31 bits per heavy atom. The molecule has 0 aliphatic rings. The smallest absolute Gasteiger partial charge is 0.259 e. The number of rotatable bonds is 3. The topological polar surface area (TPSA) is 55.0 Å². The van der Waals surface area contributed by atoms with Crippen molar-refractivity contribution in [3.05, 3.63) is 33.8 Å². The lowest BCUT2D eigenvalue weighted by atomic mass is 10.2. The minimum absolute atomic E-state index is 0.0881. The van der Waals surface area contributed by atoms with Gasteiger partial charge in [-0.1, -0.05) is 6.92 Å². The number of ether oxygens (including phenoxy) is 1. The van der Waals surface area contributed by atoms with Gasteiger partial charge < -0.3 is 4.74 Å². The molecule has 0 aliphatic heterocycles. The third kappa shape index (κ3) is 2.17. The molecule has 0 atom stereocenters. The van der Waals surface area contributed by atoms with Gasteiger partial charge in [0.1, 0.15) is 5.75 Å². The van der Waals surface area contributed by atoms with Crippen molar-refractivity contribution in [2.45, 2.75) is 13.3 Å². The van der Waals surface area contributed by atoms with Crippen molar-refractivity contribution in [3.63, 3.8) is 0 Å². The van der Waals surface area contributed by atoms with Gasteiger partial charge in [-0.3, -0.25) is 9.78 Å². The average molecular weight is 239 g/mol. The minimum atomic E-state index is -0.239. The van der Waals surface area contributed by atoms with Crippen LogP contribution in [-0.4, -0.2) is 16.6 Å². The van der Waals surface area contributed by atoms with Crippen LogP contribution >= 0.6 is 11.6 Å². The lowest BCUT2D eigenvalue weighted by Crippen LogP contribution is -2.07. The number of nitrogens with one attached hydrogen (secondary N) is 1. The molecule has 0 bridgehead atoms. The number of hydrogen-bond acceptors (Lipinski definition) is 3. The molecule has 1 heterocycles. The summed E-state index contributed by atoms with van der Waals surface area (Å²) in [5, 5.41) is 0.596. The number of halogens is 1. The summed E-state index contributed by atoms with van der Waals surface area (Å²) in [5.74, 6) is 0.698. The second-order valence-electron chi connectivity index (χ2n) is 3.38. The Kier molecular flexibility index (Phi) is 3.10. The third-order valence-electron chi connectivity index (χ3n) is 2.12. The van der Waals surface area contributed by atoms with Crippen molar-refractivity contribution < 1.29 is 4.74 Å². The van der Waals surface area contributed by atoms with Gasteiger partial charge in [-0.25, -0.2) is 4.98 Å². The number of aromatic nitrogens is 2. The van der Waals surface area contributed by atoms with Crippen LogP contribution < -0.4 is 10.3 Å². The quantitative estimate of drug-likeness (QED) is 0.836. The van der Waals surface area contributed by atoms with E-state index in [4.69, 9.17) is 16.3 Å². The van der Waals surface area contributed by atoms with Crippen LogP contribution in [0.1, 0.15) is 13.3 Å². The van der Waals surface area contributed by atoms with Gasteiger partial charge in [0.2, 0.25) is 5.28 Å². The predicted molar refractivity (Wildman–Crippen MR) is 63.2 cm³/mol. The summed E-state index contributed by atoms with van der Waals surface area (Å²) >= 11 is 5.67. The zero-order valence-electron chi connectivity index (χ0n) is 8.79. The van der Waals surface area contributed by atoms with Crippen LogP contribution in [0, 0.1) is 0 Å². The zero-order valence-corrected chi connectivity index (χ0v) is 9.54. The molecule has 1 aromatic heterocycles. The molecule has 0 saturated carbocycles. The van der Waals surface area contributed by atoms with Gasteiger partial charge in [-0.15, -0.1) is 0 Å². The summed E-state index contributed by atoms with van der Waals surface area (Å²) in [7, 11) is 0. The molecular formula is C11H11ClN2O2. The minimum Gasteiger partial charge on any atom is -0.494 e. The van der Waals surface area contributed by atoms with Crippen molar-refractivity contribution in [2.75, 3.05) is 6.61 Å². The standard InChI is InChI=1S/C11H11ClN2O2/c1-2-5-16-7-3-4-8-9(6-7)13-11(12)14-10(8)15/h3-4,6H,2,5H2,1H3,(H,13,14,15). The van der Waals surface area contributed by atoms with Gasteiger partial charge in [0, 0.05) is 6.07 Å². The van der Waals surface area contributed by atoms with Crippen molar-refractivity contribution in [3.8, 4) is 5.75 Å². The Balaban J connectivity index is 2.49. The molecule has 2 rings (SSSR count). The molecule has 84 valence electrons. The Bertz CT molecular complexity index is 565. The largest absolute Gasteiger partial charge is 0.494 e. The Morgan fingerprint density at radius 1 is 1.50 bits per heavy atom. The first-order chi connectivity index (χ1) is 7.70. The van der Waals surface area contributed by atoms with Gasteiger partial charge in [0.25, 0.3) is 5.56 Å². The van der Waals surface area contributed by atoms with E-state index in [0.717, 1.165) is 6.42 Å². The van der Waals surface area contributed by atoms with Crippen molar-refractivity contribution in [1.82, 2.24) is 9.97 Å². The maximum absolute atomic E-state index is 11.5. The number of H-pyrrole nitrogens is 1. The predicted octanol–water partition coefficient (Wildman–Crippen LogP) is 2.37. The fourth-order valence-corrected chi connectivity index (χ4v) is 1.58. The fraction of sp³-hybridized carbons (Fsp3) is 0.273. The Labute approximate surface area is 97.2 Å². The van der Waals surface area contributed by atoms with Crippen LogP contribution in [0.5, 0.6) is 5.75 Å². The molecule has 16 heavy (non-hydrogen) atoms. The van der Waals surface area contributed by atoms with E-state index in [-0.39, 0.29) is 10.8 Å². The summed E-state index contributed by atoms with van der Waals surface area (Å²) in [6.07, 6.45) is 0.932. The van der Waals surface area contributed by atoms with E-state index in [9.17, 15) is 4.79 Å². The first-order valence-corrected chi connectivity index (χ1v) is 5.41. The summed E-state index contributed by atoms with van der Waals surface area (Å²) in [5.41, 5.74) is 0.305. The van der Waals surface area contributed by atoms with E-state index in [1.54, 1.807) is 18.2 Å². The highest BCUT2D eigenvalue weighted by atomic mass is 35.5. The molecular weight excluding hydrogens is 228 g/mol. The van der Waals surface area contributed by atoms with Crippen LogP contribution in [0.2, 0.25) is 5.28 Å². The molecule has 2 aromatic rings. The summed E-state index contributed by atoms with van der Waals surface area (Å²) < 4.78 is 5.45. The second-order valence-corrected chi connectivity index (χ2v) is 3.74.